The highest BCUT2D eigenvalue weighted by Crippen LogP contribution is 2.25. The molecule has 0 saturated carbocycles. The van der Waals surface area contributed by atoms with Gasteiger partial charge >= 0.3 is 5.97 Å². The fourth-order valence-electron chi connectivity index (χ4n) is 3.76. The van der Waals surface area contributed by atoms with Crippen LogP contribution in [-0.4, -0.2) is 83.1 Å². The van der Waals surface area contributed by atoms with E-state index in [4.69, 9.17) is 14.6 Å². The van der Waals surface area contributed by atoms with Crippen molar-refractivity contribution in [3.63, 3.8) is 0 Å². The molecule has 3 N–H and O–H groups in total. The molecule has 0 bridgehead atoms. The van der Waals surface area contributed by atoms with Gasteiger partial charge in [-0.15, -0.1) is 0 Å². The van der Waals surface area contributed by atoms with Gasteiger partial charge in [-0.05, 0) is 69.5 Å². The number of hydrogen-bond donors (Lipinski definition) is 3. The first-order valence-electron chi connectivity index (χ1n) is 14.4. The van der Waals surface area contributed by atoms with Crippen molar-refractivity contribution in [3.8, 4) is 5.75 Å². The van der Waals surface area contributed by atoms with Gasteiger partial charge in [-0.25, -0.2) is 9.59 Å². The van der Waals surface area contributed by atoms with Crippen molar-refractivity contribution in [2.75, 3.05) is 33.7 Å². The average molecular weight is 624 g/mol. The van der Waals surface area contributed by atoms with E-state index in [-0.39, 0.29) is 36.1 Å². The van der Waals surface area contributed by atoms with E-state index in [1.807, 2.05) is 20.8 Å². The summed E-state index contributed by atoms with van der Waals surface area (Å²) in [6.45, 7) is 6.66. The predicted octanol–water partition coefficient (Wildman–Crippen LogP) is 4.72. The maximum absolute atomic E-state index is 12.5. The molecule has 0 saturated heterocycles. The molecule has 0 spiro atoms. The van der Waals surface area contributed by atoms with Crippen molar-refractivity contribution < 1.29 is 38.9 Å². The second kappa shape index (κ2) is 17.9. The zero-order chi connectivity index (χ0) is 33.4. The molecule has 1 amide bonds. The van der Waals surface area contributed by atoms with Crippen LogP contribution in [0, 0.1) is 0 Å². The Morgan fingerprint density at radius 1 is 0.889 bits per heavy atom. The van der Waals surface area contributed by atoms with Crippen molar-refractivity contribution in [1.82, 2.24) is 15.1 Å². The summed E-state index contributed by atoms with van der Waals surface area (Å²) < 4.78 is 11.3. The van der Waals surface area contributed by atoms with E-state index in [1.54, 1.807) is 60.0 Å². The van der Waals surface area contributed by atoms with Crippen LogP contribution < -0.4 is 5.32 Å². The summed E-state index contributed by atoms with van der Waals surface area (Å²) in [7, 11) is 3.37. The molecule has 0 radical (unpaired) electrons. The van der Waals surface area contributed by atoms with Crippen LogP contribution in [0.3, 0.4) is 0 Å². The number of rotatable bonds is 18. The van der Waals surface area contributed by atoms with Crippen LogP contribution in [0.25, 0.3) is 0 Å². The SMILES string of the molecule is CN(CCN(C)C(=C=O)OC(C)(C)C)C(=C=O)OCc1ccc(N=Nc2ccc(O)c(C(=O)NCCCCCC(=O)O)c2)cc1. The number of carbonyl (C=O) groups excluding carboxylic acids is 3. The smallest absolute Gasteiger partial charge is 0.303 e. The Balaban J connectivity index is 1.89. The number of unbranched alkanes of at least 4 members (excludes halogenated alkanes) is 2. The van der Waals surface area contributed by atoms with Crippen molar-refractivity contribution in [2.24, 2.45) is 10.2 Å². The van der Waals surface area contributed by atoms with Gasteiger partial charge < -0.3 is 34.8 Å². The van der Waals surface area contributed by atoms with E-state index < -0.39 is 17.5 Å². The number of carboxylic acids is 1. The lowest BCUT2D eigenvalue weighted by Crippen LogP contribution is -2.34. The second-order valence-corrected chi connectivity index (χ2v) is 11.2. The first-order valence-corrected chi connectivity index (χ1v) is 14.4. The molecule has 13 nitrogen and oxygen atoms in total. The molecule has 0 fully saturated rings. The molecule has 242 valence electrons. The van der Waals surface area contributed by atoms with Crippen LogP contribution in [0.15, 0.2) is 64.5 Å². The summed E-state index contributed by atoms with van der Waals surface area (Å²) in [5.74, 6) is 2.17. The summed E-state index contributed by atoms with van der Waals surface area (Å²) >= 11 is 0. The minimum Gasteiger partial charge on any atom is -0.507 e. The highest BCUT2D eigenvalue weighted by Gasteiger charge is 2.18. The van der Waals surface area contributed by atoms with Gasteiger partial charge in [0, 0.05) is 40.2 Å². The lowest BCUT2D eigenvalue weighted by molar-refractivity contribution is -0.137. The number of benzene rings is 2. The van der Waals surface area contributed by atoms with Gasteiger partial charge in [-0.1, -0.05) is 18.6 Å². The fraction of sp³-hybridized carbons (Fsp3) is 0.438. The number of aromatic hydroxyl groups is 1. The maximum atomic E-state index is 12.5. The number of carbonyl (C=O) groups is 2. The van der Waals surface area contributed by atoms with Gasteiger partial charge in [0.25, 0.3) is 17.7 Å². The topological polar surface area (TPSA) is 170 Å². The minimum absolute atomic E-state index is 0.00546. The maximum Gasteiger partial charge on any atom is 0.303 e. The van der Waals surface area contributed by atoms with Gasteiger partial charge in [0.15, 0.2) is 11.9 Å². The van der Waals surface area contributed by atoms with Crippen molar-refractivity contribution in [2.45, 2.75) is 58.7 Å². The van der Waals surface area contributed by atoms with Gasteiger partial charge in [0.05, 0.1) is 16.9 Å². The number of carboxylic acid groups (broad SMARTS) is 1. The third-order valence-electron chi connectivity index (χ3n) is 6.21. The molecule has 0 aromatic heterocycles. The number of aliphatic carboxylic acids is 1. The number of phenolic OH excluding ortho intramolecular Hbond substituents is 1. The van der Waals surface area contributed by atoms with E-state index in [1.165, 1.54) is 18.2 Å². The molecule has 0 unspecified atom stereocenters. The normalized spacial score (nSPS) is 10.9. The number of azo groups is 1. The summed E-state index contributed by atoms with van der Waals surface area (Å²) in [5.41, 5.74) is 1.16. The third-order valence-corrected chi connectivity index (χ3v) is 6.21. The Labute approximate surface area is 262 Å². The largest absolute Gasteiger partial charge is 0.507 e. The highest BCUT2D eigenvalue weighted by atomic mass is 16.5. The Bertz CT molecular complexity index is 1420. The highest BCUT2D eigenvalue weighted by molar-refractivity contribution is 5.97. The van der Waals surface area contributed by atoms with Crippen LogP contribution in [0.2, 0.25) is 0 Å². The van der Waals surface area contributed by atoms with Crippen LogP contribution in [0.1, 0.15) is 62.4 Å². The predicted molar refractivity (Wildman–Crippen MR) is 166 cm³/mol. The molecule has 0 aliphatic rings. The van der Waals surface area contributed by atoms with Gasteiger partial charge in [-0.2, -0.15) is 10.2 Å². The van der Waals surface area contributed by atoms with Crippen molar-refractivity contribution >= 4 is 35.1 Å². The Morgan fingerprint density at radius 3 is 2.09 bits per heavy atom. The van der Waals surface area contributed by atoms with Crippen LogP contribution in [-0.2, 0) is 30.5 Å². The molecule has 2 aromatic rings. The summed E-state index contributed by atoms with van der Waals surface area (Å²) in [4.78, 5) is 49.1. The zero-order valence-corrected chi connectivity index (χ0v) is 26.3. The van der Waals surface area contributed by atoms with Crippen molar-refractivity contribution in [1.29, 1.82) is 0 Å². The van der Waals surface area contributed by atoms with Crippen LogP contribution in [0.5, 0.6) is 5.75 Å². The summed E-state index contributed by atoms with van der Waals surface area (Å²) in [6.07, 6.45) is 1.91. The molecular weight excluding hydrogens is 582 g/mol. The minimum atomic E-state index is -0.849. The number of hydrogen-bond acceptors (Lipinski definition) is 11. The number of ether oxygens (including phenoxy) is 2. The number of likely N-dealkylation sites (N-methyl/N-ethyl adjacent to an activating group) is 2. The number of nitrogens with one attached hydrogen (secondary N) is 1. The molecule has 2 rings (SSSR count). The quantitative estimate of drug-likeness (QED) is 0.0913. The average Bonchev–Trinajstić information content (AvgIpc) is 3.00. The standard InChI is InChI=1S/C32H41N5O8/c1-32(2,3)45-29(21-39)37(5)18-17-36(4)28(20-38)44-22-23-10-12-24(13-11-23)34-35-25-14-15-27(40)26(19-25)31(43)33-16-8-6-7-9-30(41)42/h10-15,19,40H,6-9,16-18,22H2,1-5H3,(H,33,43)(H,41,42). The Morgan fingerprint density at radius 2 is 1.49 bits per heavy atom. The Hall–Kier alpha value is -5.12. The first-order chi connectivity index (χ1) is 21.3. The molecule has 0 aliphatic heterocycles. The number of amides is 1. The number of nitrogens with zero attached hydrogens (tertiary/aromatic N) is 4. The zero-order valence-electron chi connectivity index (χ0n) is 26.3. The van der Waals surface area contributed by atoms with Crippen LogP contribution >= 0.6 is 0 Å². The van der Waals surface area contributed by atoms with E-state index in [2.05, 4.69) is 15.5 Å². The lowest BCUT2D eigenvalue weighted by Gasteiger charge is -2.28. The van der Waals surface area contributed by atoms with Gasteiger partial charge in [-0.3, -0.25) is 9.59 Å². The monoisotopic (exact) mass is 623 g/mol. The van der Waals surface area contributed by atoms with E-state index in [9.17, 15) is 24.3 Å². The summed E-state index contributed by atoms with van der Waals surface area (Å²) in [5, 5.41) is 29.9. The van der Waals surface area contributed by atoms with E-state index in [0.717, 1.165) is 5.56 Å². The molecule has 0 heterocycles. The molecule has 45 heavy (non-hydrogen) atoms. The summed E-state index contributed by atoms with van der Waals surface area (Å²) in [6, 6.07) is 11.3. The second-order valence-electron chi connectivity index (χ2n) is 11.2. The van der Waals surface area contributed by atoms with Crippen molar-refractivity contribution in [3.05, 3.63) is 65.4 Å². The Kier molecular flexibility index (Phi) is 14.3. The molecular formula is C32H41N5O8. The fourth-order valence-corrected chi connectivity index (χ4v) is 3.76. The molecule has 0 aliphatic carbocycles. The molecule has 13 heteroatoms. The van der Waals surface area contributed by atoms with Gasteiger partial charge in [0.1, 0.15) is 18.0 Å². The molecule has 0 atom stereocenters. The first kappa shape index (κ1) is 36.1. The lowest BCUT2D eigenvalue weighted by atomic mass is 10.1. The van der Waals surface area contributed by atoms with Crippen LogP contribution in [0.4, 0.5) is 11.4 Å². The number of phenols is 1. The van der Waals surface area contributed by atoms with Gasteiger partial charge in [0.2, 0.25) is 0 Å². The molecule has 2 aromatic carbocycles. The third kappa shape index (κ3) is 13.4. The van der Waals surface area contributed by atoms with E-state index in [0.29, 0.717) is 50.3 Å². The van der Waals surface area contributed by atoms with E-state index >= 15 is 0 Å².